The number of rotatable bonds is 4. The fourth-order valence-corrected chi connectivity index (χ4v) is 3.76. The number of carbonyl (C=O) groups is 1. The van der Waals surface area contributed by atoms with E-state index in [2.05, 4.69) is 5.16 Å². The first-order valence-electron chi connectivity index (χ1n) is 9.29. The second kappa shape index (κ2) is 8.08. The van der Waals surface area contributed by atoms with E-state index in [1.807, 2.05) is 35.2 Å². The average molecular weight is 415 g/mol. The van der Waals surface area contributed by atoms with Crippen LogP contribution in [-0.2, 0) is 9.63 Å². The van der Waals surface area contributed by atoms with Gasteiger partial charge in [-0.1, -0.05) is 47.1 Å². The van der Waals surface area contributed by atoms with E-state index in [1.54, 1.807) is 17.0 Å². The van der Waals surface area contributed by atoms with Gasteiger partial charge in [0.25, 0.3) is 11.6 Å². The van der Waals surface area contributed by atoms with Crippen molar-refractivity contribution in [2.45, 2.75) is 12.5 Å². The molecule has 1 saturated heterocycles. The van der Waals surface area contributed by atoms with E-state index in [-0.39, 0.29) is 17.7 Å². The van der Waals surface area contributed by atoms with E-state index in [0.717, 1.165) is 5.56 Å². The summed E-state index contributed by atoms with van der Waals surface area (Å²) in [4.78, 5) is 32.8. The Balaban J connectivity index is 1.38. The molecule has 4 rings (SSSR count). The Hall–Kier alpha value is -3.13. The lowest BCUT2D eigenvalue weighted by Gasteiger charge is -2.35. The number of piperazine rings is 1. The van der Waals surface area contributed by atoms with Gasteiger partial charge in [-0.3, -0.25) is 14.9 Å². The molecule has 1 amide bonds. The fraction of sp³-hybridized carbons (Fsp3) is 0.300. The van der Waals surface area contributed by atoms with Gasteiger partial charge in [-0.25, -0.2) is 0 Å². The van der Waals surface area contributed by atoms with Crippen LogP contribution >= 0.6 is 11.6 Å². The molecule has 29 heavy (non-hydrogen) atoms. The highest BCUT2D eigenvalue weighted by atomic mass is 35.5. The standard InChI is InChI=1S/C20H19ClN4O4/c21-15-6-7-17(18(12-15)25(27)28)23-8-10-24(11-9-23)20(26)16-13-19(29-22-16)14-4-2-1-3-5-14/h1-7,12,19H,8-11,13H2. The van der Waals surface area contributed by atoms with Crippen molar-refractivity contribution in [1.29, 1.82) is 0 Å². The summed E-state index contributed by atoms with van der Waals surface area (Å²) in [5.74, 6) is -0.145. The van der Waals surface area contributed by atoms with Crippen molar-refractivity contribution in [2.24, 2.45) is 5.16 Å². The van der Waals surface area contributed by atoms with Crippen molar-refractivity contribution in [3.63, 3.8) is 0 Å². The number of hydrogen-bond acceptors (Lipinski definition) is 6. The highest BCUT2D eigenvalue weighted by Gasteiger charge is 2.32. The lowest BCUT2D eigenvalue weighted by molar-refractivity contribution is -0.384. The number of carbonyl (C=O) groups excluding carboxylic acids is 1. The van der Waals surface area contributed by atoms with E-state index in [9.17, 15) is 14.9 Å². The summed E-state index contributed by atoms with van der Waals surface area (Å²) in [6, 6.07) is 14.3. The third-order valence-corrected chi connectivity index (χ3v) is 5.36. The smallest absolute Gasteiger partial charge is 0.294 e. The number of nitro groups is 1. The molecular formula is C20H19ClN4O4. The molecule has 0 aromatic heterocycles. The Labute approximate surface area is 172 Å². The quantitative estimate of drug-likeness (QED) is 0.565. The average Bonchev–Trinajstić information content (AvgIpc) is 3.24. The largest absolute Gasteiger partial charge is 0.387 e. The highest BCUT2D eigenvalue weighted by Crippen LogP contribution is 2.32. The Morgan fingerprint density at radius 3 is 2.55 bits per heavy atom. The molecule has 2 aliphatic heterocycles. The summed E-state index contributed by atoms with van der Waals surface area (Å²) < 4.78 is 0. The minimum atomic E-state index is -0.437. The van der Waals surface area contributed by atoms with Crippen LogP contribution < -0.4 is 4.90 Å². The highest BCUT2D eigenvalue weighted by molar-refractivity contribution is 6.39. The summed E-state index contributed by atoms with van der Waals surface area (Å²) in [5.41, 5.74) is 1.87. The molecular weight excluding hydrogens is 396 g/mol. The molecule has 0 radical (unpaired) electrons. The molecule has 2 heterocycles. The molecule has 0 bridgehead atoms. The topological polar surface area (TPSA) is 88.3 Å². The van der Waals surface area contributed by atoms with Crippen molar-refractivity contribution < 1.29 is 14.6 Å². The van der Waals surface area contributed by atoms with Crippen LogP contribution in [0.5, 0.6) is 0 Å². The van der Waals surface area contributed by atoms with E-state index in [1.165, 1.54) is 6.07 Å². The molecule has 9 heteroatoms. The fourth-order valence-electron chi connectivity index (χ4n) is 3.59. The number of nitrogens with zero attached hydrogens (tertiary/aromatic N) is 4. The molecule has 2 aromatic carbocycles. The van der Waals surface area contributed by atoms with E-state index < -0.39 is 4.92 Å². The maximum absolute atomic E-state index is 12.8. The van der Waals surface area contributed by atoms with Gasteiger partial charge in [0, 0.05) is 43.7 Å². The van der Waals surface area contributed by atoms with Gasteiger partial charge in [0.2, 0.25) is 0 Å². The van der Waals surface area contributed by atoms with Crippen molar-refractivity contribution in [2.75, 3.05) is 31.1 Å². The first-order valence-corrected chi connectivity index (χ1v) is 9.66. The number of anilines is 1. The zero-order valence-electron chi connectivity index (χ0n) is 15.5. The lowest BCUT2D eigenvalue weighted by atomic mass is 10.0. The molecule has 0 N–H and O–H groups in total. The van der Waals surface area contributed by atoms with Crippen LogP contribution in [0.2, 0.25) is 5.02 Å². The molecule has 1 atom stereocenters. The molecule has 0 saturated carbocycles. The Bertz CT molecular complexity index is 958. The number of hydrogen-bond donors (Lipinski definition) is 0. The van der Waals surface area contributed by atoms with E-state index in [4.69, 9.17) is 16.4 Å². The Kier molecular flexibility index (Phi) is 5.35. The van der Waals surface area contributed by atoms with Crippen LogP contribution in [0, 0.1) is 10.1 Å². The number of halogens is 1. The summed E-state index contributed by atoms with van der Waals surface area (Å²) >= 11 is 5.89. The van der Waals surface area contributed by atoms with Crippen LogP contribution in [0.25, 0.3) is 0 Å². The first-order chi connectivity index (χ1) is 14.0. The lowest BCUT2D eigenvalue weighted by Crippen LogP contribution is -2.50. The molecule has 1 fully saturated rings. The number of benzene rings is 2. The summed E-state index contributed by atoms with van der Waals surface area (Å²) in [5, 5.41) is 15.7. The third-order valence-electron chi connectivity index (χ3n) is 5.13. The molecule has 8 nitrogen and oxygen atoms in total. The Morgan fingerprint density at radius 2 is 1.86 bits per heavy atom. The molecule has 2 aliphatic rings. The van der Waals surface area contributed by atoms with Gasteiger partial charge in [0.1, 0.15) is 11.4 Å². The van der Waals surface area contributed by atoms with Gasteiger partial charge in [0.15, 0.2) is 6.10 Å². The summed E-state index contributed by atoms with van der Waals surface area (Å²) in [6.07, 6.45) is 0.194. The van der Waals surface area contributed by atoms with Gasteiger partial charge in [-0.05, 0) is 17.7 Å². The van der Waals surface area contributed by atoms with Gasteiger partial charge in [-0.15, -0.1) is 0 Å². The first kappa shape index (κ1) is 19.2. The molecule has 150 valence electrons. The van der Waals surface area contributed by atoms with Crippen molar-refractivity contribution >= 4 is 34.6 Å². The van der Waals surface area contributed by atoms with Crippen molar-refractivity contribution in [1.82, 2.24) is 4.90 Å². The maximum atomic E-state index is 12.8. The zero-order valence-corrected chi connectivity index (χ0v) is 16.3. The Morgan fingerprint density at radius 1 is 1.14 bits per heavy atom. The van der Waals surface area contributed by atoms with Crippen LogP contribution in [0.3, 0.4) is 0 Å². The normalized spacial score (nSPS) is 18.9. The predicted molar refractivity (Wildman–Crippen MR) is 109 cm³/mol. The second-order valence-corrected chi connectivity index (χ2v) is 7.35. The number of amides is 1. The van der Waals surface area contributed by atoms with Crippen molar-refractivity contribution in [3.05, 3.63) is 69.2 Å². The summed E-state index contributed by atoms with van der Waals surface area (Å²) in [6.45, 7) is 1.89. The van der Waals surface area contributed by atoms with Crippen molar-refractivity contribution in [3.8, 4) is 0 Å². The van der Waals surface area contributed by atoms with Crippen LogP contribution in [0.15, 0.2) is 53.7 Å². The van der Waals surface area contributed by atoms with Crippen LogP contribution in [-0.4, -0.2) is 47.6 Å². The minimum Gasteiger partial charge on any atom is -0.387 e. The van der Waals surface area contributed by atoms with Gasteiger partial charge in [-0.2, -0.15) is 0 Å². The van der Waals surface area contributed by atoms with Crippen LogP contribution in [0.1, 0.15) is 18.1 Å². The predicted octanol–water partition coefficient (Wildman–Crippen LogP) is 3.41. The van der Waals surface area contributed by atoms with E-state index in [0.29, 0.717) is 49.0 Å². The SMILES string of the molecule is O=C(C1=NOC(c2ccccc2)C1)N1CCN(c2ccc(Cl)cc2[N+](=O)[O-])CC1. The maximum Gasteiger partial charge on any atom is 0.294 e. The third kappa shape index (κ3) is 4.02. The number of oxime groups is 1. The van der Waals surface area contributed by atoms with Crippen LogP contribution in [0.4, 0.5) is 11.4 Å². The van der Waals surface area contributed by atoms with E-state index >= 15 is 0 Å². The van der Waals surface area contributed by atoms with Gasteiger partial charge < -0.3 is 14.6 Å². The molecule has 2 aromatic rings. The second-order valence-electron chi connectivity index (χ2n) is 6.92. The van der Waals surface area contributed by atoms with Gasteiger partial charge in [0.05, 0.1) is 4.92 Å². The molecule has 0 aliphatic carbocycles. The van der Waals surface area contributed by atoms with Gasteiger partial charge >= 0.3 is 0 Å². The zero-order chi connectivity index (χ0) is 20.4. The summed E-state index contributed by atoms with van der Waals surface area (Å²) in [7, 11) is 0. The molecule has 0 spiro atoms. The monoisotopic (exact) mass is 414 g/mol. The minimum absolute atomic E-state index is 0.0310. The molecule has 1 unspecified atom stereocenters. The number of nitro benzene ring substituents is 1.